The molecule has 126 valence electrons. The molecule has 0 radical (unpaired) electrons. The molecule has 0 aliphatic heterocycles. The van der Waals surface area contributed by atoms with Crippen molar-refractivity contribution in [1.29, 1.82) is 0 Å². The van der Waals surface area contributed by atoms with Gasteiger partial charge in [0, 0.05) is 37.7 Å². The standard InChI is InChI=1S/C18H20N2O2S2/c1-13-15(19-9-8-16(13)22-11-5-10-21-2)12-23-18-20-14-6-3-4-7-17(14)24-18/h3-4,6-9H,5,10-12H2,1-2H3. The van der Waals surface area contributed by atoms with Gasteiger partial charge in [0.05, 0.1) is 22.5 Å². The molecule has 0 fully saturated rings. The molecule has 1 aromatic carbocycles. The van der Waals surface area contributed by atoms with Crippen molar-refractivity contribution in [2.24, 2.45) is 0 Å². The zero-order valence-electron chi connectivity index (χ0n) is 13.8. The summed E-state index contributed by atoms with van der Waals surface area (Å²) >= 11 is 3.45. The molecule has 3 aromatic rings. The van der Waals surface area contributed by atoms with Gasteiger partial charge in [0.25, 0.3) is 0 Å². The number of thioether (sulfide) groups is 1. The van der Waals surface area contributed by atoms with Gasteiger partial charge in [-0.15, -0.1) is 11.3 Å². The number of para-hydroxylation sites is 1. The average Bonchev–Trinajstić information content (AvgIpc) is 3.02. The highest BCUT2D eigenvalue weighted by atomic mass is 32.2. The molecule has 6 heteroatoms. The van der Waals surface area contributed by atoms with Crippen LogP contribution in [0.4, 0.5) is 0 Å². The second-order valence-corrected chi connectivity index (χ2v) is 7.56. The van der Waals surface area contributed by atoms with Gasteiger partial charge in [-0.05, 0) is 25.1 Å². The van der Waals surface area contributed by atoms with E-state index in [2.05, 4.69) is 23.0 Å². The summed E-state index contributed by atoms with van der Waals surface area (Å²) in [6, 6.07) is 10.1. The Balaban J connectivity index is 1.64. The number of ether oxygens (including phenoxy) is 2. The molecule has 2 heterocycles. The zero-order valence-corrected chi connectivity index (χ0v) is 15.5. The molecule has 0 saturated carbocycles. The maximum atomic E-state index is 5.84. The normalized spacial score (nSPS) is 11.1. The lowest BCUT2D eigenvalue weighted by molar-refractivity contribution is 0.172. The second kappa shape index (κ2) is 8.46. The maximum absolute atomic E-state index is 5.84. The van der Waals surface area contributed by atoms with Crippen LogP contribution in [0.15, 0.2) is 40.9 Å². The van der Waals surface area contributed by atoms with Crippen molar-refractivity contribution in [2.75, 3.05) is 20.3 Å². The van der Waals surface area contributed by atoms with Crippen LogP contribution in [0.1, 0.15) is 17.7 Å². The van der Waals surface area contributed by atoms with Gasteiger partial charge in [0.2, 0.25) is 0 Å². The number of methoxy groups -OCH3 is 1. The van der Waals surface area contributed by atoms with Crippen LogP contribution in [0.3, 0.4) is 0 Å². The van der Waals surface area contributed by atoms with Crippen LogP contribution in [0.2, 0.25) is 0 Å². The van der Waals surface area contributed by atoms with Crippen LogP contribution in [-0.2, 0) is 10.5 Å². The van der Waals surface area contributed by atoms with Crippen molar-refractivity contribution in [3.63, 3.8) is 0 Å². The maximum Gasteiger partial charge on any atom is 0.151 e. The van der Waals surface area contributed by atoms with Gasteiger partial charge in [-0.25, -0.2) is 4.98 Å². The van der Waals surface area contributed by atoms with Crippen LogP contribution in [-0.4, -0.2) is 30.3 Å². The molecule has 24 heavy (non-hydrogen) atoms. The molecule has 0 atom stereocenters. The molecule has 0 aliphatic carbocycles. The molecule has 0 bridgehead atoms. The van der Waals surface area contributed by atoms with Crippen molar-refractivity contribution in [1.82, 2.24) is 9.97 Å². The van der Waals surface area contributed by atoms with Crippen LogP contribution in [0.25, 0.3) is 10.2 Å². The first kappa shape index (κ1) is 17.2. The monoisotopic (exact) mass is 360 g/mol. The topological polar surface area (TPSA) is 44.2 Å². The summed E-state index contributed by atoms with van der Waals surface area (Å²) in [7, 11) is 1.70. The van der Waals surface area contributed by atoms with Crippen LogP contribution in [0.5, 0.6) is 5.75 Å². The highest BCUT2D eigenvalue weighted by Crippen LogP contribution is 2.32. The molecule has 3 rings (SSSR count). The highest BCUT2D eigenvalue weighted by molar-refractivity contribution is 8.00. The van der Waals surface area contributed by atoms with Crippen LogP contribution >= 0.6 is 23.1 Å². The van der Waals surface area contributed by atoms with Crippen LogP contribution < -0.4 is 4.74 Å². The Kier molecular flexibility index (Phi) is 6.07. The number of pyridine rings is 1. The predicted molar refractivity (Wildman–Crippen MR) is 100 cm³/mol. The molecule has 0 N–H and O–H groups in total. The fourth-order valence-corrected chi connectivity index (χ4v) is 4.38. The molecule has 4 nitrogen and oxygen atoms in total. The Morgan fingerprint density at radius 1 is 1.17 bits per heavy atom. The first-order valence-corrected chi connectivity index (χ1v) is 9.62. The van der Waals surface area contributed by atoms with E-state index < -0.39 is 0 Å². The van der Waals surface area contributed by atoms with Crippen molar-refractivity contribution in [2.45, 2.75) is 23.4 Å². The third-order valence-electron chi connectivity index (χ3n) is 3.62. The summed E-state index contributed by atoms with van der Waals surface area (Å²) in [6.45, 7) is 3.43. The largest absolute Gasteiger partial charge is 0.493 e. The molecule has 0 saturated heterocycles. The summed E-state index contributed by atoms with van der Waals surface area (Å²) in [4.78, 5) is 9.16. The SMILES string of the molecule is COCCCOc1ccnc(CSc2nc3ccccc3s2)c1C. The first-order chi connectivity index (χ1) is 11.8. The number of benzene rings is 1. The number of aromatic nitrogens is 2. The van der Waals surface area contributed by atoms with Crippen molar-refractivity contribution in [3.05, 3.63) is 47.8 Å². The van der Waals surface area contributed by atoms with E-state index in [0.717, 1.165) is 39.0 Å². The minimum absolute atomic E-state index is 0.656. The quantitative estimate of drug-likeness (QED) is 0.430. The summed E-state index contributed by atoms with van der Waals surface area (Å²) in [6.07, 6.45) is 2.70. The van der Waals surface area contributed by atoms with E-state index in [-0.39, 0.29) is 0 Å². The Bertz CT molecular complexity index is 772. The van der Waals surface area contributed by atoms with Gasteiger partial charge in [-0.2, -0.15) is 0 Å². The number of thiazole rings is 1. The average molecular weight is 361 g/mol. The van der Waals surface area contributed by atoms with E-state index in [0.29, 0.717) is 13.2 Å². The Hall–Kier alpha value is -1.63. The third-order valence-corrected chi connectivity index (χ3v) is 5.81. The number of rotatable bonds is 8. The summed E-state index contributed by atoms with van der Waals surface area (Å²) in [5.74, 6) is 1.70. The Labute approximate surface area is 150 Å². The van der Waals surface area contributed by atoms with E-state index >= 15 is 0 Å². The van der Waals surface area contributed by atoms with Crippen LogP contribution in [0, 0.1) is 6.92 Å². The van der Waals surface area contributed by atoms with Gasteiger partial charge >= 0.3 is 0 Å². The van der Waals surface area contributed by atoms with E-state index in [1.165, 1.54) is 4.70 Å². The smallest absolute Gasteiger partial charge is 0.151 e. The Morgan fingerprint density at radius 3 is 2.88 bits per heavy atom. The number of fused-ring (bicyclic) bond motifs is 1. The third kappa shape index (κ3) is 4.26. The minimum Gasteiger partial charge on any atom is -0.493 e. The van der Waals surface area contributed by atoms with E-state index in [4.69, 9.17) is 9.47 Å². The lowest BCUT2D eigenvalue weighted by atomic mass is 10.2. The number of nitrogens with zero attached hydrogens (tertiary/aromatic N) is 2. The molecule has 0 unspecified atom stereocenters. The summed E-state index contributed by atoms with van der Waals surface area (Å²) in [5.41, 5.74) is 3.21. The van der Waals surface area contributed by atoms with Gasteiger partial charge in [0.15, 0.2) is 4.34 Å². The van der Waals surface area contributed by atoms with Gasteiger partial charge < -0.3 is 9.47 Å². The zero-order chi connectivity index (χ0) is 16.8. The minimum atomic E-state index is 0.656. The lowest BCUT2D eigenvalue weighted by Crippen LogP contribution is -2.04. The molecular weight excluding hydrogens is 340 g/mol. The summed E-state index contributed by atoms with van der Waals surface area (Å²) in [5, 5.41) is 0. The Morgan fingerprint density at radius 2 is 2.04 bits per heavy atom. The van der Waals surface area contributed by atoms with E-state index in [1.807, 2.05) is 30.5 Å². The fraction of sp³-hybridized carbons (Fsp3) is 0.333. The van der Waals surface area contributed by atoms with E-state index in [9.17, 15) is 0 Å². The highest BCUT2D eigenvalue weighted by Gasteiger charge is 2.09. The first-order valence-electron chi connectivity index (χ1n) is 7.82. The molecule has 2 aromatic heterocycles. The van der Waals surface area contributed by atoms with Crippen molar-refractivity contribution in [3.8, 4) is 5.75 Å². The fourth-order valence-electron chi connectivity index (χ4n) is 2.29. The molecule has 0 aliphatic rings. The predicted octanol–water partition coefficient (Wildman–Crippen LogP) is 4.71. The summed E-state index contributed by atoms with van der Waals surface area (Å²) < 4.78 is 13.2. The molecular formula is C18H20N2O2S2. The second-order valence-electron chi connectivity index (χ2n) is 5.31. The van der Waals surface area contributed by atoms with Gasteiger partial charge in [-0.1, -0.05) is 23.9 Å². The molecule has 0 spiro atoms. The van der Waals surface area contributed by atoms with Crippen molar-refractivity contribution < 1.29 is 9.47 Å². The lowest BCUT2D eigenvalue weighted by Gasteiger charge is -2.11. The molecule has 0 amide bonds. The van der Waals surface area contributed by atoms with Gasteiger partial charge in [-0.3, -0.25) is 4.98 Å². The number of hydrogen-bond acceptors (Lipinski definition) is 6. The number of hydrogen-bond donors (Lipinski definition) is 0. The van der Waals surface area contributed by atoms with Crippen molar-refractivity contribution >= 4 is 33.3 Å². The van der Waals surface area contributed by atoms with E-state index in [1.54, 1.807) is 30.2 Å². The van der Waals surface area contributed by atoms with Gasteiger partial charge in [0.1, 0.15) is 5.75 Å².